The number of para-hydroxylation sites is 1. The Hall–Kier alpha value is -2.82. The molecule has 5 nitrogen and oxygen atoms in total. The van der Waals surface area contributed by atoms with Crippen LogP contribution in [0.2, 0.25) is 0 Å². The average molecular weight is 286 g/mol. The van der Waals surface area contributed by atoms with Crippen molar-refractivity contribution < 1.29 is 24.2 Å². The molecular formula is C16H14O5. The minimum absolute atomic E-state index is 0.141. The molecule has 0 heterocycles. The van der Waals surface area contributed by atoms with E-state index in [0.717, 1.165) is 0 Å². The molecule has 0 aliphatic heterocycles. The molecule has 2 rings (SSSR count). The average Bonchev–Trinajstić information content (AvgIpc) is 2.52. The van der Waals surface area contributed by atoms with Gasteiger partial charge >= 0.3 is 5.97 Å². The molecule has 0 aliphatic rings. The highest BCUT2D eigenvalue weighted by atomic mass is 16.5. The van der Waals surface area contributed by atoms with Crippen molar-refractivity contribution in [3.63, 3.8) is 0 Å². The summed E-state index contributed by atoms with van der Waals surface area (Å²) in [7, 11) is 1.49. The van der Waals surface area contributed by atoms with Gasteiger partial charge in [-0.2, -0.15) is 0 Å². The molecule has 0 bridgehead atoms. The number of ether oxygens (including phenoxy) is 2. The molecular weight excluding hydrogens is 272 g/mol. The predicted octanol–water partition coefficient (Wildman–Crippen LogP) is 2.78. The number of aldehydes is 1. The van der Waals surface area contributed by atoms with Gasteiger partial charge in [-0.25, -0.2) is 4.79 Å². The van der Waals surface area contributed by atoms with Crippen molar-refractivity contribution in [3.8, 4) is 11.5 Å². The molecule has 0 amide bonds. The van der Waals surface area contributed by atoms with Crippen LogP contribution in [-0.2, 0) is 6.61 Å². The van der Waals surface area contributed by atoms with Crippen molar-refractivity contribution in [2.75, 3.05) is 7.11 Å². The fourth-order valence-electron chi connectivity index (χ4n) is 1.89. The Morgan fingerprint density at radius 1 is 1.24 bits per heavy atom. The second kappa shape index (κ2) is 6.56. The monoisotopic (exact) mass is 286 g/mol. The van der Waals surface area contributed by atoms with E-state index in [4.69, 9.17) is 14.6 Å². The molecule has 0 fully saturated rings. The second-order valence-corrected chi connectivity index (χ2v) is 4.29. The Labute approximate surface area is 121 Å². The van der Waals surface area contributed by atoms with Gasteiger partial charge in [0.15, 0.2) is 17.8 Å². The highest BCUT2D eigenvalue weighted by Crippen LogP contribution is 2.30. The number of hydrogen-bond acceptors (Lipinski definition) is 4. The van der Waals surface area contributed by atoms with Crippen LogP contribution in [0.4, 0.5) is 0 Å². The minimum Gasteiger partial charge on any atom is -0.493 e. The molecule has 1 N–H and O–H groups in total. The normalized spacial score (nSPS) is 9.95. The lowest BCUT2D eigenvalue weighted by Crippen LogP contribution is -2.02. The molecule has 0 saturated carbocycles. The first-order valence-electron chi connectivity index (χ1n) is 6.23. The van der Waals surface area contributed by atoms with Gasteiger partial charge in [0.1, 0.15) is 6.61 Å². The fourth-order valence-corrected chi connectivity index (χ4v) is 1.89. The lowest BCUT2D eigenvalue weighted by atomic mass is 10.1. The highest BCUT2D eigenvalue weighted by Gasteiger charge is 2.11. The zero-order valence-corrected chi connectivity index (χ0v) is 11.4. The Morgan fingerprint density at radius 2 is 2.00 bits per heavy atom. The molecule has 0 aromatic heterocycles. The molecule has 0 saturated heterocycles. The number of benzene rings is 2. The SMILES string of the molecule is COc1cccc(C=O)c1OCc1cccc(C(=O)O)c1. The number of methoxy groups -OCH3 is 1. The van der Waals surface area contributed by atoms with Crippen molar-refractivity contribution in [1.82, 2.24) is 0 Å². The van der Waals surface area contributed by atoms with E-state index in [9.17, 15) is 9.59 Å². The zero-order valence-electron chi connectivity index (χ0n) is 11.4. The number of hydrogen-bond donors (Lipinski definition) is 1. The van der Waals surface area contributed by atoms with Crippen LogP contribution in [0.1, 0.15) is 26.3 Å². The molecule has 0 radical (unpaired) electrons. The molecule has 2 aromatic rings. The minimum atomic E-state index is -0.997. The van der Waals surface area contributed by atoms with E-state index < -0.39 is 5.97 Å². The molecule has 21 heavy (non-hydrogen) atoms. The van der Waals surface area contributed by atoms with Crippen molar-refractivity contribution >= 4 is 12.3 Å². The van der Waals surface area contributed by atoms with Gasteiger partial charge in [-0.3, -0.25) is 4.79 Å². The lowest BCUT2D eigenvalue weighted by molar-refractivity contribution is 0.0696. The smallest absolute Gasteiger partial charge is 0.335 e. The van der Waals surface area contributed by atoms with E-state index in [1.165, 1.54) is 19.2 Å². The van der Waals surface area contributed by atoms with Crippen molar-refractivity contribution in [2.24, 2.45) is 0 Å². The van der Waals surface area contributed by atoms with Crippen molar-refractivity contribution in [1.29, 1.82) is 0 Å². The van der Waals surface area contributed by atoms with E-state index in [0.29, 0.717) is 28.9 Å². The van der Waals surface area contributed by atoms with Gasteiger partial charge in [0.25, 0.3) is 0 Å². The van der Waals surface area contributed by atoms with E-state index in [-0.39, 0.29) is 12.2 Å². The van der Waals surface area contributed by atoms with Crippen LogP contribution >= 0.6 is 0 Å². The first kappa shape index (κ1) is 14.6. The van der Waals surface area contributed by atoms with Gasteiger partial charge < -0.3 is 14.6 Å². The van der Waals surface area contributed by atoms with Crippen LogP contribution in [-0.4, -0.2) is 24.5 Å². The Kier molecular flexibility index (Phi) is 4.56. The van der Waals surface area contributed by atoms with Crippen LogP contribution in [0.25, 0.3) is 0 Å². The van der Waals surface area contributed by atoms with Gasteiger partial charge in [-0.05, 0) is 29.8 Å². The van der Waals surface area contributed by atoms with Gasteiger partial charge in [-0.1, -0.05) is 18.2 Å². The molecule has 0 spiro atoms. The van der Waals surface area contributed by atoms with Gasteiger partial charge in [0, 0.05) is 0 Å². The van der Waals surface area contributed by atoms with Crippen LogP contribution < -0.4 is 9.47 Å². The molecule has 2 aromatic carbocycles. The third kappa shape index (κ3) is 3.39. The molecule has 0 aliphatic carbocycles. The van der Waals surface area contributed by atoms with Gasteiger partial charge in [0.2, 0.25) is 0 Å². The summed E-state index contributed by atoms with van der Waals surface area (Å²) < 4.78 is 10.8. The summed E-state index contributed by atoms with van der Waals surface area (Å²) in [5, 5.41) is 8.95. The number of rotatable bonds is 6. The Morgan fingerprint density at radius 3 is 2.67 bits per heavy atom. The van der Waals surface area contributed by atoms with Crippen LogP contribution in [0, 0.1) is 0 Å². The quantitative estimate of drug-likeness (QED) is 0.827. The zero-order chi connectivity index (χ0) is 15.2. The topological polar surface area (TPSA) is 72.8 Å². The summed E-state index contributed by atoms with van der Waals surface area (Å²) in [5.74, 6) is -0.201. The molecule has 5 heteroatoms. The summed E-state index contributed by atoms with van der Waals surface area (Å²) in [4.78, 5) is 22.0. The third-order valence-electron chi connectivity index (χ3n) is 2.91. The number of aromatic carboxylic acids is 1. The number of carboxylic acids is 1. The van der Waals surface area contributed by atoms with Crippen molar-refractivity contribution in [3.05, 3.63) is 59.2 Å². The van der Waals surface area contributed by atoms with Crippen LogP contribution in [0.15, 0.2) is 42.5 Å². The number of carboxylic acid groups (broad SMARTS) is 1. The van der Waals surface area contributed by atoms with E-state index in [2.05, 4.69) is 0 Å². The fraction of sp³-hybridized carbons (Fsp3) is 0.125. The maximum absolute atomic E-state index is 11.0. The Bertz CT molecular complexity index is 663. The Balaban J connectivity index is 2.22. The summed E-state index contributed by atoms with van der Waals surface area (Å²) in [5.41, 5.74) is 1.26. The molecule has 0 atom stereocenters. The summed E-state index contributed by atoms with van der Waals surface area (Å²) in [6.07, 6.45) is 0.686. The summed E-state index contributed by atoms with van der Waals surface area (Å²) >= 11 is 0. The predicted molar refractivity (Wildman–Crippen MR) is 76.1 cm³/mol. The van der Waals surface area contributed by atoms with Gasteiger partial charge in [0.05, 0.1) is 18.2 Å². The van der Waals surface area contributed by atoms with Crippen molar-refractivity contribution in [2.45, 2.75) is 6.61 Å². The van der Waals surface area contributed by atoms with E-state index >= 15 is 0 Å². The highest BCUT2D eigenvalue weighted by molar-refractivity contribution is 5.87. The molecule has 108 valence electrons. The molecule has 0 unspecified atom stereocenters. The summed E-state index contributed by atoms with van der Waals surface area (Å²) in [6.45, 7) is 0.141. The standard InChI is InChI=1S/C16H14O5/c1-20-14-7-3-6-13(9-17)15(14)21-10-11-4-2-5-12(8-11)16(18)19/h2-9H,10H2,1H3,(H,18,19). The lowest BCUT2D eigenvalue weighted by Gasteiger charge is -2.12. The van der Waals surface area contributed by atoms with Gasteiger partial charge in [-0.15, -0.1) is 0 Å². The first-order valence-corrected chi connectivity index (χ1v) is 6.23. The summed E-state index contributed by atoms with van der Waals surface area (Å²) in [6, 6.07) is 11.4. The maximum atomic E-state index is 11.0. The van der Waals surface area contributed by atoms with Crippen LogP contribution in [0.5, 0.6) is 11.5 Å². The third-order valence-corrected chi connectivity index (χ3v) is 2.91. The van der Waals surface area contributed by atoms with E-state index in [1.54, 1.807) is 30.3 Å². The largest absolute Gasteiger partial charge is 0.493 e. The maximum Gasteiger partial charge on any atom is 0.335 e. The number of carbonyl (C=O) groups excluding carboxylic acids is 1. The van der Waals surface area contributed by atoms with Crippen LogP contribution in [0.3, 0.4) is 0 Å². The van der Waals surface area contributed by atoms with E-state index in [1.807, 2.05) is 0 Å². The number of carbonyl (C=O) groups is 2. The first-order chi connectivity index (χ1) is 10.2. The second-order valence-electron chi connectivity index (χ2n) is 4.29.